The molecule has 0 saturated carbocycles. The Hall–Kier alpha value is -4.99. The summed E-state index contributed by atoms with van der Waals surface area (Å²) in [5.41, 5.74) is 2.02. The van der Waals surface area contributed by atoms with Crippen LogP contribution in [-0.2, 0) is 9.53 Å². The summed E-state index contributed by atoms with van der Waals surface area (Å²) in [4.78, 5) is 62.1. The van der Waals surface area contributed by atoms with Gasteiger partial charge >= 0.3 is 6.16 Å². The maximum atomic E-state index is 12.5. The van der Waals surface area contributed by atoms with Gasteiger partial charge in [-0.25, -0.2) is 4.79 Å². The number of nitrogens with one attached hydrogen (secondary N) is 2. The summed E-state index contributed by atoms with van der Waals surface area (Å²) in [5.74, 6) is -1.30. The third-order valence-electron chi connectivity index (χ3n) is 5.45. The van der Waals surface area contributed by atoms with E-state index < -0.39 is 18.0 Å². The number of fused-ring (bicyclic) bond motifs is 1. The molecule has 0 radical (unpaired) electrons. The minimum atomic E-state index is -0.824. The second-order valence-electron chi connectivity index (χ2n) is 7.95. The van der Waals surface area contributed by atoms with Gasteiger partial charge in [-0.05, 0) is 67.6 Å². The van der Waals surface area contributed by atoms with Gasteiger partial charge in [-0.3, -0.25) is 24.1 Å². The molecule has 0 atom stereocenters. The quantitative estimate of drug-likeness (QED) is 0.270. The van der Waals surface area contributed by atoms with Gasteiger partial charge in [-0.2, -0.15) is 0 Å². The summed E-state index contributed by atoms with van der Waals surface area (Å²) < 4.78 is 9.66. The monoisotopic (exact) mass is 501 g/mol. The number of hydrogen-bond acceptors (Lipinski definition) is 7. The topological polar surface area (TPSA) is 131 Å². The van der Waals surface area contributed by atoms with Crippen LogP contribution in [0.5, 0.6) is 5.75 Å². The van der Waals surface area contributed by atoms with Crippen molar-refractivity contribution in [1.29, 1.82) is 0 Å². The molecule has 1 heterocycles. The Morgan fingerprint density at radius 2 is 1.35 bits per heavy atom. The number of hydrogen-bond donors (Lipinski definition) is 2. The molecule has 188 valence electrons. The molecule has 0 spiro atoms. The van der Waals surface area contributed by atoms with E-state index in [-0.39, 0.29) is 37.1 Å². The van der Waals surface area contributed by atoms with Crippen molar-refractivity contribution in [2.45, 2.75) is 13.3 Å². The van der Waals surface area contributed by atoms with Gasteiger partial charge in [-0.15, -0.1) is 0 Å². The summed E-state index contributed by atoms with van der Waals surface area (Å²) in [5, 5.41) is 5.44. The molecule has 1 aliphatic rings. The van der Waals surface area contributed by atoms with Crippen LogP contribution in [0.2, 0.25) is 0 Å². The summed E-state index contributed by atoms with van der Waals surface area (Å²) in [6.45, 7) is 1.82. The van der Waals surface area contributed by atoms with Crippen LogP contribution < -0.4 is 15.4 Å². The molecule has 0 aromatic heterocycles. The summed E-state index contributed by atoms with van der Waals surface area (Å²) in [6.07, 6.45) is -0.879. The van der Waals surface area contributed by atoms with Crippen LogP contribution in [-0.4, -0.2) is 47.8 Å². The van der Waals surface area contributed by atoms with E-state index in [0.29, 0.717) is 28.1 Å². The molecule has 10 heteroatoms. The Kier molecular flexibility index (Phi) is 7.58. The van der Waals surface area contributed by atoms with Crippen LogP contribution in [0.15, 0.2) is 72.8 Å². The lowest BCUT2D eigenvalue weighted by Crippen LogP contribution is -2.32. The van der Waals surface area contributed by atoms with Crippen LogP contribution in [0.1, 0.15) is 44.4 Å². The fourth-order valence-electron chi connectivity index (χ4n) is 3.64. The summed E-state index contributed by atoms with van der Waals surface area (Å²) >= 11 is 0. The van der Waals surface area contributed by atoms with E-state index in [1.807, 2.05) is 0 Å². The molecule has 37 heavy (non-hydrogen) atoms. The van der Waals surface area contributed by atoms with Gasteiger partial charge in [0.25, 0.3) is 17.7 Å². The minimum Gasteiger partial charge on any atom is -0.434 e. The molecule has 1 aliphatic heterocycles. The Balaban J connectivity index is 1.26. The first-order chi connectivity index (χ1) is 17.9. The predicted octanol–water partition coefficient (Wildman–Crippen LogP) is 4.10. The van der Waals surface area contributed by atoms with Gasteiger partial charge in [0.15, 0.2) is 0 Å². The van der Waals surface area contributed by atoms with E-state index >= 15 is 0 Å². The van der Waals surface area contributed by atoms with Gasteiger partial charge in [0.1, 0.15) is 5.75 Å². The number of carbonyl (C=O) groups excluding carboxylic acids is 5. The highest BCUT2D eigenvalue weighted by Gasteiger charge is 2.34. The SMILES string of the molecule is CCOC(=O)Oc1ccc(C(=O)Nc2ccc(NC(=O)CCN3C(=O)c4ccccc4C3=O)cc2)cc1. The Labute approximate surface area is 212 Å². The summed E-state index contributed by atoms with van der Waals surface area (Å²) in [7, 11) is 0. The number of benzene rings is 3. The number of rotatable bonds is 8. The molecule has 4 amide bonds. The average molecular weight is 501 g/mol. The third-order valence-corrected chi connectivity index (χ3v) is 5.45. The molecule has 10 nitrogen and oxygen atoms in total. The van der Waals surface area contributed by atoms with Crippen LogP contribution in [0.25, 0.3) is 0 Å². The zero-order valence-corrected chi connectivity index (χ0v) is 19.9. The van der Waals surface area contributed by atoms with Crippen molar-refractivity contribution >= 4 is 41.2 Å². The molecule has 0 saturated heterocycles. The zero-order valence-electron chi connectivity index (χ0n) is 19.9. The smallest absolute Gasteiger partial charge is 0.434 e. The van der Waals surface area contributed by atoms with Crippen molar-refractivity contribution in [3.63, 3.8) is 0 Å². The fourth-order valence-corrected chi connectivity index (χ4v) is 3.64. The van der Waals surface area contributed by atoms with Crippen molar-refractivity contribution in [3.05, 3.63) is 89.5 Å². The number of nitrogens with zero attached hydrogens (tertiary/aromatic N) is 1. The van der Waals surface area contributed by atoms with Gasteiger partial charge < -0.3 is 20.1 Å². The lowest BCUT2D eigenvalue weighted by atomic mass is 10.1. The van der Waals surface area contributed by atoms with Crippen molar-refractivity contribution < 1.29 is 33.4 Å². The van der Waals surface area contributed by atoms with Gasteiger partial charge in [0.2, 0.25) is 5.91 Å². The van der Waals surface area contributed by atoms with Crippen LogP contribution in [0.4, 0.5) is 16.2 Å². The van der Waals surface area contributed by atoms with Gasteiger partial charge in [-0.1, -0.05) is 12.1 Å². The third kappa shape index (κ3) is 5.99. The summed E-state index contributed by atoms with van der Waals surface area (Å²) in [6, 6.07) is 19.0. The van der Waals surface area contributed by atoms with E-state index in [0.717, 1.165) is 4.90 Å². The Bertz CT molecular complexity index is 1320. The molecule has 0 unspecified atom stereocenters. The van der Waals surface area contributed by atoms with Crippen LogP contribution in [0, 0.1) is 0 Å². The second-order valence-corrected chi connectivity index (χ2v) is 7.95. The van der Waals surface area contributed by atoms with E-state index in [4.69, 9.17) is 9.47 Å². The predicted molar refractivity (Wildman–Crippen MR) is 134 cm³/mol. The molecule has 3 aromatic carbocycles. The highest BCUT2D eigenvalue weighted by molar-refractivity contribution is 6.21. The molecule has 3 aromatic rings. The van der Waals surface area contributed by atoms with Crippen molar-refractivity contribution in [2.75, 3.05) is 23.8 Å². The number of imide groups is 1. The van der Waals surface area contributed by atoms with Crippen molar-refractivity contribution in [1.82, 2.24) is 4.90 Å². The minimum absolute atomic E-state index is 0.0318. The van der Waals surface area contributed by atoms with Gasteiger partial charge in [0.05, 0.1) is 17.7 Å². The van der Waals surface area contributed by atoms with E-state index in [9.17, 15) is 24.0 Å². The highest BCUT2D eigenvalue weighted by Crippen LogP contribution is 2.23. The lowest BCUT2D eigenvalue weighted by molar-refractivity contribution is -0.116. The van der Waals surface area contributed by atoms with E-state index in [1.54, 1.807) is 55.5 Å². The van der Waals surface area contributed by atoms with E-state index in [2.05, 4.69) is 10.6 Å². The number of ether oxygens (including phenoxy) is 2. The van der Waals surface area contributed by atoms with Crippen molar-refractivity contribution in [2.24, 2.45) is 0 Å². The maximum Gasteiger partial charge on any atom is 0.513 e. The number of amides is 4. The van der Waals surface area contributed by atoms with Crippen molar-refractivity contribution in [3.8, 4) is 5.75 Å². The molecule has 2 N–H and O–H groups in total. The van der Waals surface area contributed by atoms with Crippen LogP contribution in [0.3, 0.4) is 0 Å². The molecular weight excluding hydrogens is 478 g/mol. The second kappa shape index (κ2) is 11.2. The largest absolute Gasteiger partial charge is 0.513 e. The lowest BCUT2D eigenvalue weighted by Gasteiger charge is -2.13. The molecule has 0 bridgehead atoms. The molecular formula is C27H23N3O7. The first-order valence-electron chi connectivity index (χ1n) is 11.5. The maximum absolute atomic E-state index is 12.5. The number of anilines is 2. The average Bonchev–Trinajstić information content (AvgIpc) is 3.14. The van der Waals surface area contributed by atoms with Crippen LogP contribution >= 0.6 is 0 Å². The standard InChI is InChI=1S/C27H23N3O7/c1-2-36-27(35)37-20-13-7-17(8-14-20)24(32)29-19-11-9-18(10-12-19)28-23(31)15-16-30-25(33)21-5-3-4-6-22(21)26(30)34/h3-14H,2,15-16H2,1H3,(H,28,31)(H,29,32). The number of carbonyl (C=O) groups is 5. The first kappa shape index (κ1) is 25.1. The van der Waals surface area contributed by atoms with Gasteiger partial charge in [0, 0.05) is 29.9 Å². The normalized spacial score (nSPS) is 12.1. The highest BCUT2D eigenvalue weighted by atomic mass is 16.7. The molecule has 0 aliphatic carbocycles. The Morgan fingerprint density at radius 3 is 1.92 bits per heavy atom. The molecule has 4 rings (SSSR count). The van der Waals surface area contributed by atoms with E-state index in [1.165, 1.54) is 24.3 Å². The first-order valence-corrected chi connectivity index (χ1v) is 11.5. The Morgan fingerprint density at radius 1 is 0.784 bits per heavy atom. The zero-order chi connectivity index (χ0) is 26.4. The molecule has 0 fully saturated rings. The fraction of sp³-hybridized carbons (Fsp3) is 0.148.